The Morgan fingerprint density at radius 1 is 1.50 bits per heavy atom. The average molecular weight is 322 g/mol. The number of carboxylic acids is 1. The second-order valence-electron chi connectivity index (χ2n) is 5.42. The zero-order chi connectivity index (χ0) is 15.9. The van der Waals surface area contributed by atoms with Gasteiger partial charge in [0.1, 0.15) is 11.4 Å². The fraction of sp³-hybridized carbons (Fsp3) is 0.333. The molecular formula is C15H15FN2O3S. The molecule has 7 heteroatoms. The smallest absolute Gasteiger partial charge is 0.340 e. The molecule has 0 saturated carbocycles. The van der Waals surface area contributed by atoms with Crippen LogP contribution in [0.25, 0.3) is 10.1 Å². The zero-order valence-electron chi connectivity index (χ0n) is 11.7. The van der Waals surface area contributed by atoms with Gasteiger partial charge in [0.05, 0.1) is 5.69 Å². The Morgan fingerprint density at radius 2 is 2.27 bits per heavy atom. The summed E-state index contributed by atoms with van der Waals surface area (Å²) in [5.74, 6) is -1.45. The van der Waals surface area contributed by atoms with E-state index in [1.807, 2.05) is 4.90 Å². The quantitative estimate of drug-likeness (QED) is 0.901. The van der Waals surface area contributed by atoms with Crippen molar-refractivity contribution >= 4 is 33.1 Å². The molecular weight excluding hydrogens is 307 g/mol. The molecule has 1 atom stereocenters. The van der Waals surface area contributed by atoms with E-state index in [9.17, 15) is 14.0 Å². The monoisotopic (exact) mass is 322 g/mol. The number of fused-ring (bicyclic) bond motifs is 1. The van der Waals surface area contributed by atoms with Crippen LogP contribution >= 0.6 is 11.3 Å². The van der Waals surface area contributed by atoms with Crippen LogP contribution < -0.4 is 16.1 Å². The normalized spacial score (nSPS) is 18.1. The van der Waals surface area contributed by atoms with Crippen LogP contribution in [0.15, 0.2) is 22.3 Å². The summed E-state index contributed by atoms with van der Waals surface area (Å²) in [5.41, 5.74) is 5.13. The molecule has 0 spiro atoms. The molecule has 0 amide bonds. The van der Waals surface area contributed by atoms with E-state index >= 15 is 0 Å². The lowest BCUT2D eigenvalue weighted by molar-refractivity contribution is 0.0696. The first-order valence-corrected chi connectivity index (χ1v) is 7.82. The Morgan fingerprint density at radius 3 is 2.91 bits per heavy atom. The van der Waals surface area contributed by atoms with Gasteiger partial charge in [-0.15, -0.1) is 11.3 Å². The molecule has 22 heavy (non-hydrogen) atoms. The van der Waals surface area contributed by atoms with Crippen molar-refractivity contribution in [2.45, 2.75) is 6.42 Å². The van der Waals surface area contributed by atoms with Crippen molar-refractivity contribution in [2.24, 2.45) is 11.7 Å². The molecule has 3 rings (SSSR count). The molecule has 1 aromatic heterocycles. The van der Waals surface area contributed by atoms with Gasteiger partial charge in [0.15, 0.2) is 0 Å². The van der Waals surface area contributed by atoms with Gasteiger partial charge in [-0.05, 0) is 31.0 Å². The topological polar surface area (TPSA) is 83.6 Å². The number of nitrogens with two attached hydrogens (primary N) is 1. The first kappa shape index (κ1) is 14.9. The summed E-state index contributed by atoms with van der Waals surface area (Å²) in [5, 5.41) is 10.4. The van der Waals surface area contributed by atoms with E-state index in [0.29, 0.717) is 29.4 Å². The minimum absolute atomic E-state index is 0.112. The van der Waals surface area contributed by atoms with E-state index in [4.69, 9.17) is 10.8 Å². The summed E-state index contributed by atoms with van der Waals surface area (Å²) in [6, 6.07) is 2.77. The second-order valence-corrected chi connectivity index (χ2v) is 6.33. The van der Waals surface area contributed by atoms with Crippen molar-refractivity contribution < 1.29 is 14.3 Å². The summed E-state index contributed by atoms with van der Waals surface area (Å²) >= 11 is 1.14. The number of anilines is 1. The van der Waals surface area contributed by atoms with E-state index in [0.717, 1.165) is 30.4 Å². The highest BCUT2D eigenvalue weighted by atomic mass is 32.1. The van der Waals surface area contributed by atoms with Gasteiger partial charge in [-0.2, -0.15) is 0 Å². The number of rotatable bonds is 3. The number of hydrogen-bond acceptors (Lipinski definition) is 5. The molecule has 1 aliphatic heterocycles. The van der Waals surface area contributed by atoms with Gasteiger partial charge in [-0.3, -0.25) is 4.79 Å². The third kappa shape index (κ3) is 2.46. The van der Waals surface area contributed by atoms with Crippen molar-refractivity contribution in [3.63, 3.8) is 0 Å². The Labute approximate surface area is 129 Å². The summed E-state index contributed by atoms with van der Waals surface area (Å²) in [4.78, 5) is 25.0. The summed E-state index contributed by atoms with van der Waals surface area (Å²) in [7, 11) is 0. The molecule has 1 fully saturated rings. The van der Waals surface area contributed by atoms with Gasteiger partial charge in [-0.1, -0.05) is 0 Å². The predicted octanol–water partition coefficient (Wildman–Crippen LogP) is 1.88. The average Bonchev–Trinajstić information content (AvgIpc) is 2.96. The van der Waals surface area contributed by atoms with Crippen LogP contribution in [0.2, 0.25) is 0 Å². The summed E-state index contributed by atoms with van der Waals surface area (Å²) in [6.07, 6.45) is 0.919. The minimum Gasteiger partial charge on any atom is -0.478 e. The lowest BCUT2D eigenvalue weighted by Gasteiger charge is -2.19. The number of carboxylic acid groups (broad SMARTS) is 1. The van der Waals surface area contributed by atoms with Crippen LogP contribution in [-0.4, -0.2) is 30.7 Å². The molecule has 1 aliphatic rings. The van der Waals surface area contributed by atoms with E-state index in [1.165, 1.54) is 5.38 Å². The van der Waals surface area contributed by atoms with Crippen molar-refractivity contribution in [1.82, 2.24) is 0 Å². The number of carbonyl (C=O) groups is 1. The Kier molecular flexibility index (Phi) is 3.84. The number of nitrogens with zero attached hydrogens (tertiary/aromatic N) is 1. The first-order valence-electron chi connectivity index (χ1n) is 6.94. The van der Waals surface area contributed by atoms with Crippen LogP contribution in [0.4, 0.5) is 10.1 Å². The Balaban J connectivity index is 2.08. The zero-order valence-corrected chi connectivity index (χ0v) is 12.5. The maximum absolute atomic E-state index is 14.4. The van der Waals surface area contributed by atoms with Gasteiger partial charge >= 0.3 is 5.97 Å². The fourth-order valence-electron chi connectivity index (χ4n) is 2.77. The molecule has 1 unspecified atom stereocenters. The van der Waals surface area contributed by atoms with Crippen LogP contribution in [0, 0.1) is 11.7 Å². The molecule has 0 bridgehead atoms. The Bertz CT molecular complexity index is 805. The standard InChI is InChI=1S/C15H15FN2O3S/c16-11-3-9-13(22-7-10(14(9)19)15(20)21)4-12(11)18-2-1-8(5-17)6-18/h3-4,7-8H,1-2,5-6,17H2,(H,20,21). The fourth-order valence-corrected chi connectivity index (χ4v) is 3.68. The molecule has 3 N–H and O–H groups in total. The van der Waals surface area contributed by atoms with Crippen LogP contribution in [0.1, 0.15) is 16.8 Å². The maximum Gasteiger partial charge on any atom is 0.340 e. The Hall–Kier alpha value is -1.99. The molecule has 5 nitrogen and oxygen atoms in total. The molecule has 2 heterocycles. The number of aromatic carboxylic acids is 1. The highest BCUT2D eigenvalue weighted by molar-refractivity contribution is 7.16. The predicted molar refractivity (Wildman–Crippen MR) is 84.4 cm³/mol. The van der Waals surface area contributed by atoms with Crippen LogP contribution in [0.3, 0.4) is 0 Å². The molecule has 0 radical (unpaired) electrons. The molecule has 0 aliphatic carbocycles. The van der Waals surface area contributed by atoms with Gasteiger partial charge in [-0.25, -0.2) is 9.18 Å². The van der Waals surface area contributed by atoms with Crippen LogP contribution in [-0.2, 0) is 0 Å². The lowest BCUT2D eigenvalue weighted by atomic mass is 10.1. The highest BCUT2D eigenvalue weighted by Gasteiger charge is 2.24. The number of benzene rings is 1. The van der Waals surface area contributed by atoms with E-state index in [-0.39, 0.29) is 10.9 Å². The van der Waals surface area contributed by atoms with E-state index in [2.05, 4.69) is 0 Å². The minimum atomic E-state index is -1.29. The number of halogens is 1. The van der Waals surface area contributed by atoms with Gasteiger partial charge in [0.2, 0.25) is 5.43 Å². The third-order valence-electron chi connectivity index (χ3n) is 4.03. The molecule has 1 saturated heterocycles. The van der Waals surface area contributed by atoms with E-state index in [1.54, 1.807) is 6.07 Å². The largest absolute Gasteiger partial charge is 0.478 e. The molecule has 2 aromatic rings. The van der Waals surface area contributed by atoms with Crippen LogP contribution in [0.5, 0.6) is 0 Å². The lowest BCUT2D eigenvalue weighted by Crippen LogP contribution is -2.23. The first-order chi connectivity index (χ1) is 10.5. The van der Waals surface area contributed by atoms with Gasteiger partial charge in [0.25, 0.3) is 0 Å². The molecule has 1 aromatic carbocycles. The van der Waals surface area contributed by atoms with Crippen molar-refractivity contribution in [1.29, 1.82) is 0 Å². The highest BCUT2D eigenvalue weighted by Crippen LogP contribution is 2.30. The maximum atomic E-state index is 14.4. The van der Waals surface area contributed by atoms with Gasteiger partial charge < -0.3 is 15.7 Å². The third-order valence-corrected chi connectivity index (χ3v) is 4.98. The second kappa shape index (κ2) is 5.66. The van der Waals surface area contributed by atoms with E-state index < -0.39 is 17.2 Å². The SMILES string of the molecule is NCC1CCN(c2cc3scc(C(=O)O)c(=O)c3cc2F)C1. The van der Waals surface area contributed by atoms with Crippen molar-refractivity contribution in [2.75, 3.05) is 24.5 Å². The summed E-state index contributed by atoms with van der Waals surface area (Å²) in [6.45, 7) is 1.99. The number of hydrogen-bond donors (Lipinski definition) is 2. The molecule has 116 valence electrons. The van der Waals surface area contributed by atoms with Crippen molar-refractivity contribution in [3.05, 3.63) is 39.1 Å². The van der Waals surface area contributed by atoms with Gasteiger partial charge in [0, 0.05) is 28.6 Å². The summed E-state index contributed by atoms with van der Waals surface area (Å²) < 4.78 is 14.9. The van der Waals surface area contributed by atoms with Crippen molar-refractivity contribution in [3.8, 4) is 0 Å².